The zero-order valence-electron chi connectivity index (χ0n) is 17.9. The summed E-state index contributed by atoms with van der Waals surface area (Å²) in [7, 11) is -2.40. The van der Waals surface area contributed by atoms with E-state index in [1.165, 1.54) is 43.5 Å². The summed E-state index contributed by atoms with van der Waals surface area (Å²) in [5, 5.41) is 11.0. The van der Waals surface area contributed by atoms with Crippen molar-refractivity contribution in [3.63, 3.8) is 0 Å². The summed E-state index contributed by atoms with van der Waals surface area (Å²) in [4.78, 5) is 28.5. The van der Waals surface area contributed by atoms with Gasteiger partial charge in [0.2, 0.25) is 15.0 Å². The highest BCUT2D eigenvalue weighted by Gasteiger charge is 2.21. The lowest BCUT2D eigenvalue weighted by atomic mass is 10.1. The molecule has 10 nitrogen and oxygen atoms in total. The summed E-state index contributed by atoms with van der Waals surface area (Å²) in [6.45, 7) is 0. The van der Waals surface area contributed by atoms with Crippen LogP contribution in [0.15, 0.2) is 47.1 Å². The Hall–Kier alpha value is -3.86. The minimum absolute atomic E-state index is 0.0203. The maximum Gasteiger partial charge on any atom is 0.346 e. The van der Waals surface area contributed by atoms with Gasteiger partial charge in [0.15, 0.2) is 11.5 Å². The molecule has 14 heteroatoms. The number of nitrogens with one attached hydrogen (secondary N) is 1. The lowest BCUT2D eigenvalue weighted by molar-refractivity contribution is -0.112. The molecule has 0 unspecified atom stereocenters. The number of carbonyl (C=O) groups excluding carboxylic acids is 2. The van der Waals surface area contributed by atoms with Crippen molar-refractivity contribution in [3.8, 4) is 17.6 Å². The van der Waals surface area contributed by atoms with E-state index < -0.39 is 32.7 Å². The van der Waals surface area contributed by atoms with Crippen LogP contribution in [0.3, 0.4) is 0 Å². The maximum atomic E-state index is 13.9. The molecule has 180 valence electrons. The highest BCUT2D eigenvalue weighted by molar-refractivity contribution is 7.90. The zero-order valence-corrected chi connectivity index (χ0v) is 20.3. The van der Waals surface area contributed by atoms with Crippen molar-refractivity contribution in [2.45, 2.75) is 5.16 Å². The number of benzene rings is 2. The third kappa shape index (κ3) is 6.18. The minimum atomic E-state index is -3.67. The molecule has 0 aliphatic carbocycles. The summed E-state index contributed by atoms with van der Waals surface area (Å²) >= 11 is 6.86. The van der Waals surface area contributed by atoms with Gasteiger partial charge in [-0.3, -0.25) is 10.1 Å². The fraction of sp³-hybridized carbons (Fsp3) is 0.0952. The van der Waals surface area contributed by atoms with Crippen LogP contribution >= 0.6 is 23.1 Å². The molecular formula is C21H14ClFN4O6S2. The number of rotatable bonds is 7. The molecule has 35 heavy (non-hydrogen) atoms. The summed E-state index contributed by atoms with van der Waals surface area (Å²) < 4.78 is 50.9. The van der Waals surface area contributed by atoms with E-state index in [4.69, 9.17) is 21.1 Å². The second kappa shape index (κ2) is 10.6. The first-order chi connectivity index (χ1) is 16.5. The molecule has 0 saturated carbocycles. The number of carbonyl (C=O) groups is 2. The molecule has 3 aromatic rings. The van der Waals surface area contributed by atoms with Crippen LogP contribution in [-0.2, 0) is 14.6 Å². The summed E-state index contributed by atoms with van der Waals surface area (Å²) in [5.74, 6) is -2.88. The van der Waals surface area contributed by atoms with Crippen LogP contribution in [0.5, 0.6) is 11.5 Å². The standard InChI is InChI=1S/C21H14ClFN4O6S2/c1-32-16-9-11(8-14(22)17(16)33-19(29)13-5-3-4-6-15(13)23)7-12(10-24)18(28)25-20-26-21(27-34-20)35(2,30)31/h3-9H,1-2H3,(H,25,26,27,28)/b12-7-. The molecule has 0 radical (unpaired) electrons. The van der Waals surface area contributed by atoms with Crippen LogP contribution in [0.25, 0.3) is 6.08 Å². The second-order valence-corrected chi connectivity index (χ2v) is 9.75. The molecule has 0 aliphatic heterocycles. The fourth-order valence-corrected chi connectivity index (χ4v) is 4.28. The summed E-state index contributed by atoms with van der Waals surface area (Å²) in [5.41, 5.74) is -0.456. The number of esters is 1. The first-order valence-electron chi connectivity index (χ1n) is 9.34. The first kappa shape index (κ1) is 25.8. The van der Waals surface area contributed by atoms with Crippen LogP contribution in [0.1, 0.15) is 15.9 Å². The van der Waals surface area contributed by atoms with Crippen molar-refractivity contribution in [2.24, 2.45) is 0 Å². The van der Waals surface area contributed by atoms with Gasteiger partial charge < -0.3 is 9.47 Å². The van der Waals surface area contributed by atoms with E-state index >= 15 is 0 Å². The fourth-order valence-electron chi connectivity index (χ4n) is 2.59. The van der Waals surface area contributed by atoms with Crippen LogP contribution < -0.4 is 14.8 Å². The number of halogens is 2. The molecule has 1 N–H and O–H groups in total. The molecule has 3 rings (SSSR count). The van der Waals surface area contributed by atoms with Gasteiger partial charge in [-0.25, -0.2) is 17.6 Å². The monoisotopic (exact) mass is 536 g/mol. The lowest BCUT2D eigenvalue weighted by Gasteiger charge is -2.12. The molecule has 0 bridgehead atoms. The smallest absolute Gasteiger partial charge is 0.346 e. The number of nitriles is 1. The average Bonchev–Trinajstić information content (AvgIpc) is 3.28. The molecule has 0 aliphatic rings. The highest BCUT2D eigenvalue weighted by atomic mass is 35.5. The van der Waals surface area contributed by atoms with Crippen LogP contribution in [0, 0.1) is 17.1 Å². The van der Waals surface area contributed by atoms with Crippen molar-refractivity contribution >= 4 is 56.1 Å². The topological polar surface area (TPSA) is 148 Å². The number of aromatic nitrogens is 2. The third-order valence-electron chi connectivity index (χ3n) is 4.18. The Morgan fingerprint density at radius 3 is 2.60 bits per heavy atom. The van der Waals surface area contributed by atoms with Crippen molar-refractivity contribution in [3.05, 3.63) is 63.9 Å². The van der Waals surface area contributed by atoms with E-state index in [1.54, 1.807) is 6.07 Å². The van der Waals surface area contributed by atoms with E-state index in [9.17, 15) is 27.7 Å². The van der Waals surface area contributed by atoms with Gasteiger partial charge in [0.05, 0.1) is 17.7 Å². The Morgan fingerprint density at radius 1 is 1.29 bits per heavy atom. The Kier molecular flexibility index (Phi) is 7.80. The predicted octanol–water partition coefficient (Wildman–Crippen LogP) is 3.51. The van der Waals surface area contributed by atoms with Gasteiger partial charge in [-0.05, 0) is 35.9 Å². The van der Waals surface area contributed by atoms with Crippen molar-refractivity contribution in [2.75, 3.05) is 18.7 Å². The Labute approximate surface area is 207 Å². The van der Waals surface area contributed by atoms with Crippen molar-refractivity contribution in [1.82, 2.24) is 9.36 Å². The number of amides is 1. The van der Waals surface area contributed by atoms with E-state index in [0.717, 1.165) is 12.3 Å². The normalized spacial score (nSPS) is 11.5. The van der Waals surface area contributed by atoms with Crippen molar-refractivity contribution < 1.29 is 31.9 Å². The molecule has 1 aromatic heterocycles. The summed E-state index contributed by atoms with van der Waals surface area (Å²) in [6, 6.07) is 9.57. The van der Waals surface area contributed by atoms with E-state index in [0.29, 0.717) is 11.5 Å². The number of nitrogens with zero attached hydrogens (tertiary/aromatic N) is 3. The summed E-state index contributed by atoms with van der Waals surface area (Å²) in [6.07, 6.45) is 2.08. The molecule has 2 aromatic carbocycles. The van der Waals surface area contributed by atoms with Gasteiger partial charge >= 0.3 is 5.97 Å². The molecule has 0 saturated heterocycles. The molecule has 0 fully saturated rings. The molecule has 1 heterocycles. The van der Waals surface area contributed by atoms with Gasteiger partial charge in [-0.2, -0.15) is 14.6 Å². The Balaban J connectivity index is 1.86. The van der Waals surface area contributed by atoms with Crippen LogP contribution in [-0.4, -0.2) is 43.0 Å². The SMILES string of the molecule is COc1cc(/C=C(/C#N)C(=O)Nc2nc(S(C)(=O)=O)ns2)cc(Cl)c1OC(=O)c1ccccc1F. The van der Waals surface area contributed by atoms with Gasteiger partial charge in [0.1, 0.15) is 17.5 Å². The average molecular weight is 537 g/mol. The van der Waals surface area contributed by atoms with E-state index in [1.807, 2.05) is 0 Å². The lowest BCUT2D eigenvalue weighted by Crippen LogP contribution is -2.13. The quantitative estimate of drug-likeness (QED) is 0.207. The number of sulfone groups is 1. The molecular weight excluding hydrogens is 523 g/mol. The number of anilines is 1. The second-order valence-electron chi connectivity index (χ2n) is 6.68. The van der Waals surface area contributed by atoms with Crippen molar-refractivity contribution in [1.29, 1.82) is 5.26 Å². The zero-order chi connectivity index (χ0) is 25.8. The van der Waals surface area contributed by atoms with Gasteiger partial charge in [-0.15, -0.1) is 0 Å². The Bertz CT molecular complexity index is 1500. The third-order valence-corrected chi connectivity index (χ3v) is 6.05. The highest BCUT2D eigenvalue weighted by Crippen LogP contribution is 2.37. The predicted molar refractivity (Wildman–Crippen MR) is 125 cm³/mol. The largest absolute Gasteiger partial charge is 0.493 e. The minimum Gasteiger partial charge on any atom is -0.493 e. The molecule has 0 atom stereocenters. The first-order valence-corrected chi connectivity index (χ1v) is 12.4. The van der Waals surface area contributed by atoms with Gasteiger partial charge in [-0.1, -0.05) is 23.7 Å². The maximum absolute atomic E-state index is 13.9. The number of hydrogen-bond acceptors (Lipinski definition) is 10. The van der Waals surface area contributed by atoms with E-state index in [-0.39, 0.29) is 38.4 Å². The number of methoxy groups -OCH3 is 1. The van der Waals surface area contributed by atoms with Crippen LogP contribution in [0.2, 0.25) is 5.02 Å². The van der Waals surface area contributed by atoms with E-state index in [2.05, 4.69) is 14.7 Å². The van der Waals surface area contributed by atoms with Crippen LogP contribution in [0.4, 0.5) is 9.52 Å². The molecule has 0 spiro atoms. The molecule has 1 amide bonds. The van der Waals surface area contributed by atoms with Gasteiger partial charge in [0.25, 0.3) is 11.1 Å². The van der Waals surface area contributed by atoms with Gasteiger partial charge in [0, 0.05) is 17.8 Å². The number of ether oxygens (including phenoxy) is 2. The Morgan fingerprint density at radius 2 is 2.00 bits per heavy atom. The number of hydrogen-bond donors (Lipinski definition) is 1.